The molecule has 1 atom stereocenters. The zero-order chi connectivity index (χ0) is 20.1. The maximum absolute atomic E-state index is 13.0. The molecule has 2 saturated heterocycles. The summed E-state index contributed by atoms with van der Waals surface area (Å²) in [6.07, 6.45) is 3.67. The average Bonchev–Trinajstić information content (AvgIpc) is 3.44. The van der Waals surface area contributed by atoms with Gasteiger partial charge in [0, 0.05) is 19.6 Å². The van der Waals surface area contributed by atoms with Crippen LogP contribution >= 0.6 is 0 Å². The predicted octanol–water partition coefficient (Wildman–Crippen LogP) is 2.34. The van der Waals surface area contributed by atoms with Crippen molar-refractivity contribution in [3.05, 3.63) is 29.8 Å². The van der Waals surface area contributed by atoms with Gasteiger partial charge in [0.1, 0.15) is 0 Å². The van der Waals surface area contributed by atoms with Crippen LogP contribution in [0.5, 0.6) is 0 Å². The van der Waals surface area contributed by atoms with E-state index in [0.29, 0.717) is 36.7 Å². The lowest BCUT2D eigenvalue weighted by atomic mass is 9.96. The Balaban J connectivity index is 1.52. The van der Waals surface area contributed by atoms with Gasteiger partial charge in [-0.2, -0.15) is 4.31 Å². The number of benzene rings is 1. The third-order valence-corrected chi connectivity index (χ3v) is 8.40. The summed E-state index contributed by atoms with van der Waals surface area (Å²) in [7, 11) is -3.49. The molecule has 7 heteroatoms. The van der Waals surface area contributed by atoms with Gasteiger partial charge in [-0.1, -0.05) is 31.5 Å². The van der Waals surface area contributed by atoms with Gasteiger partial charge < -0.3 is 4.90 Å². The minimum absolute atomic E-state index is 0.168. The third-order valence-electron chi connectivity index (χ3n) is 6.49. The van der Waals surface area contributed by atoms with Crippen LogP contribution < -0.4 is 5.32 Å². The number of aryl methyl sites for hydroxylation is 1. The van der Waals surface area contributed by atoms with Crippen LogP contribution in [0.3, 0.4) is 0 Å². The summed E-state index contributed by atoms with van der Waals surface area (Å²) in [6, 6.07) is 6.86. The highest BCUT2D eigenvalue weighted by Gasteiger charge is 2.53. The van der Waals surface area contributed by atoms with E-state index in [1.165, 1.54) is 12.8 Å². The summed E-state index contributed by atoms with van der Waals surface area (Å²) in [6.45, 7) is 7.76. The van der Waals surface area contributed by atoms with Crippen LogP contribution in [-0.2, 0) is 14.8 Å². The SMILES string of the molecule is Cc1ccc(S(=O)(=O)N2CCC3(CC2)N[C@H](C(C)C)C(=O)N3CC2CC2)cc1. The Kier molecular flexibility index (Phi) is 5.04. The number of carbonyl (C=O) groups is 1. The Morgan fingerprint density at radius 3 is 2.29 bits per heavy atom. The number of piperidine rings is 1. The van der Waals surface area contributed by atoms with Crippen LogP contribution in [0.15, 0.2) is 29.2 Å². The number of amides is 1. The van der Waals surface area contributed by atoms with Crippen LogP contribution in [0.25, 0.3) is 0 Å². The first-order valence-electron chi connectivity index (χ1n) is 10.4. The van der Waals surface area contributed by atoms with Gasteiger partial charge in [-0.15, -0.1) is 0 Å². The smallest absolute Gasteiger partial charge is 0.243 e. The van der Waals surface area contributed by atoms with Crippen molar-refractivity contribution in [1.82, 2.24) is 14.5 Å². The molecule has 4 rings (SSSR count). The molecule has 0 aromatic heterocycles. The lowest BCUT2D eigenvalue weighted by Crippen LogP contribution is -2.60. The molecule has 1 saturated carbocycles. The first kappa shape index (κ1) is 19.9. The number of nitrogens with zero attached hydrogens (tertiary/aromatic N) is 2. The molecule has 0 unspecified atom stereocenters. The molecule has 1 aromatic carbocycles. The molecule has 3 aliphatic rings. The average molecular weight is 406 g/mol. The van der Waals surface area contributed by atoms with Crippen molar-refractivity contribution in [2.24, 2.45) is 11.8 Å². The van der Waals surface area contributed by atoms with Crippen molar-refractivity contribution < 1.29 is 13.2 Å². The Morgan fingerprint density at radius 2 is 1.75 bits per heavy atom. The molecular weight excluding hydrogens is 374 g/mol. The fourth-order valence-corrected chi connectivity index (χ4v) is 5.89. The van der Waals surface area contributed by atoms with Crippen LogP contribution in [-0.4, -0.2) is 54.9 Å². The van der Waals surface area contributed by atoms with E-state index in [0.717, 1.165) is 12.1 Å². The molecule has 0 radical (unpaired) electrons. The van der Waals surface area contributed by atoms with Crippen molar-refractivity contribution in [1.29, 1.82) is 0 Å². The number of rotatable bonds is 5. The highest BCUT2D eigenvalue weighted by atomic mass is 32.2. The predicted molar refractivity (Wildman–Crippen MR) is 108 cm³/mol. The van der Waals surface area contributed by atoms with Crippen LogP contribution in [0.2, 0.25) is 0 Å². The van der Waals surface area contributed by atoms with Crippen molar-refractivity contribution >= 4 is 15.9 Å². The monoisotopic (exact) mass is 405 g/mol. The van der Waals surface area contributed by atoms with E-state index < -0.39 is 15.7 Å². The number of nitrogens with one attached hydrogen (secondary N) is 1. The largest absolute Gasteiger partial charge is 0.323 e. The van der Waals surface area contributed by atoms with Crippen LogP contribution in [0.4, 0.5) is 0 Å². The first-order valence-corrected chi connectivity index (χ1v) is 11.8. The number of hydrogen-bond acceptors (Lipinski definition) is 4. The second-order valence-electron chi connectivity index (χ2n) is 9.01. The fraction of sp³-hybridized carbons (Fsp3) is 0.667. The summed E-state index contributed by atoms with van der Waals surface area (Å²) >= 11 is 0. The Morgan fingerprint density at radius 1 is 1.14 bits per heavy atom. The zero-order valence-electron chi connectivity index (χ0n) is 17.0. The molecule has 1 aromatic rings. The van der Waals surface area contributed by atoms with Gasteiger partial charge in [0.2, 0.25) is 15.9 Å². The van der Waals surface area contributed by atoms with E-state index in [1.54, 1.807) is 16.4 Å². The third kappa shape index (κ3) is 3.48. The van der Waals surface area contributed by atoms with Gasteiger partial charge >= 0.3 is 0 Å². The second kappa shape index (κ2) is 7.11. The number of carbonyl (C=O) groups excluding carboxylic acids is 1. The standard InChI is InChI=1S/C21H31N3O3S/c1-15(2)19-20(25)24(14-17-6-7-17)21(22-19)10-12-23(13-11-21)28(26,27)18-8-4-16(3)5-9-18/h4-5,8-9,15,17,19,22H,6-7,10-14H2,1-3H3/t19-/m1/s1. The quantitative estimate of drug-likeness (QED) is 0.816. The Bertz CT molecular complexity index is 838. The molecule has 0 bridgehead atoms. The summed E-state index contributed by atoms with van der Waals surface area (Å²) in [5.41, 5.74) is 0.647. The number of hydrogen-bond donors (Lipinski definition) is 1. The maximum Gasteiger partial charge on any atom is 0.243 e. The zero-order valence-corrected chi connectivity index (χ0v) is 17.8. The molecule has 1 amide bonds. The van der Waals surface area contributed by atoms with E-state index >= 15 is 0 Å². The van der Waals surface area contributed by atoms with Gasteiger partial charge in [-0.3, -0.25) is 10.1 Å². The Hall–Kier alpha value is -1.44. The van der Waals surface area contributed by atoms with Gasteiger partial charge in [-0.05, 0) is 56.6 Å². The van der Waals surface area contributed by atoms with Crippen molar-refractivity contribution in [2.45, 2.75) is 63.1 Å². The summed E-state index contributed by atoms with van der Waals surface area (Å²) < 4.78 is 27.6. The summed E-state index contributed by atoms with van der Waals surface area (Å²) in [4.78, 5) is 15.4. The van der Waals surface area contributed by atoms with E-state index in [9.17, 15) is 13.2 Å². The molecule has 2 aliphatic heterocycles. The van der Waals surface area contributed by atoms with Gasteiger partial charge in [-0.25, -0.2) is 8.42 Å². The second-order valence-corrected chi connectivity index (χ2v) is 10.9. The lowest BCUT2D eigenvalue weighted by molar-refractivity contribution is -0.134. The normalized spacial score (nSPS) is 25.8. The molecule has 28 heavy (non-hydrogen) atoms. The van der Waals surface area contributed by atoms with E-state index in [-0.39, 0.29) is 17.9 Å². The van der Waals surface area contributed by atoms with Crippen LogP contribution in [0.1, 0.15) is 45.1 Å². The Labute approximate surface area is 168 Å². The summed E-state index contributed by atoms with van der Waals surface area (Å²) in [5.74, 6) is 1.03. The molecule has 3 fully saturated rings. The van der Waals surface area contributed by atoms with Gasteiger partial charge in [0.25, 0.3) is 0 Å². The molecule has 1 spiro atoms. The molecular formula is C21H31N3O3S. The fourth-order valence-electron chi connectivity index (χ4n) is 4.45. The molecule has 154 valence electrons. The molecule has 2 heterocycles. The minimum Gasteiger partial charge on any atom is -0.323 e. The van der Waals surface area contributed by atoms with E-state index in [2.05, 4.69) is 19.2 Å². The lowest BCUT2D eigenvalue weighted by Gasteiger charge is -2.44. The van der Waals surface area contributed by atoms with E-state index in [1.807, 2.05) is 24.0 Å². The van der Waals surface area contributed by atoms with E-state index in [4.69, 9.17) is 0 Å². The topological polar surface area (TPSA) is 69.7 Å². The molecule has 1 N–H and O–H groups in total. The highest BCUT2D eigenvalue weighted by molar-refractivity contribution is 7.89. The van der Waals surface area contributed by atoms with Gasteiger partial charge in [0.15, 0.2) is 0 Å². The van der Waals surface area contributed by atoms with Crippen molar-refractivity contribution in [3.8, 4) is 0 Å². The van der Waals surface area contributed by atoms with Crippen molar-refractivity contribution in [3.63, 3.8) is 0 Å². The highest BCUT2D eigenvalue weighted by Crippen LogP contribution is 2.39. The molecule has 6 nitrogen and oxygen atoms in total. The number of sulfonamides is 1. The maximum atomic E-state index is 13.0. The minimum atomic E-state index is -3.49. The van der Waals surface area contributed by atoms with Gasteiger partial charge in [0.05, 0.1) is 16.6 Å². The van der Waals surface area contributed by atoms with Crippen molar-refractivity contribution in [2.75, 3.05) is 19.6 Å². The molecule has 1 aliphatic carbocycles. The summed E-state index contributed by atoms with van der Waals surface area (Å²) in [5, 5.41) is 3.61. The van der Waals surface area contributed by atoms with Crippen LogP contribution in [0, 0.1) is 18.8 Å². The first-order chi connectivity index (χ1) is 13.2.